The summed E-state index contributed by atoms with van der Waals surface area (Å²) in [5.41, 5.74) is 2.36. The van der Waals surface area contributed by atoms with E-state index >= 15 is 0 Å². The molecule has 0 saturated carbocycles. The van der Waals surface area contributed by atoms with Crippen LogP contribution in [0.1, 0.15) is 30.3 Å². The summed E-state index contributed by atoms with van der Waals surface area (Å²) in [6.07, 6.45) is 2.49. The SMILES string of the molecule is Cc1nn(C)c(C2CCCN2)c1Br. The predicted molar refractivity (Wildman–Crippen MR) is 55.6 cm³/mol. The first-order chi connectivity index (χ1) is 6.20. The van der Waals surface area contributed by atoms with Crippen LogP contribution in [-0.2, 0) is 7.05 Å². The molecule has 1 aliphatic rings. The van der Waals surface area contributed by atoms with Crippen LogP contribution in [0.4, 0.5) is 0 Å². The maximum absolute atomic E-state index is 4.38. The Bertz CT molecular complexity index is 313. The minimum Gasteiger partial charge on any atom is -0.309 e. The number of hydrogen-bond donors (Lipinski definition) is 1. The molecule has 1 saturated heterocycles. The molecule has 0 bridgehead atoms. The molecule has 0 aliphatic carbocycles. The molecule has 1 fully saturated rings. The lowest BCUT2D eigenvalue weighted by molar-refractivity contribution is 0.571. The normalized spacial score (nSPS) is 22.5. The molecule has 2 rings (SSSR count). The molecule has 2 heterocycles. The molecule has 4 heteroatoms. The summed E-state index contributed by atoms with van der Waals surface area (Å²) in [4.78, 5) is 0. The third-order valence-corrected chi connectivity index (χ3v) is 3.56. The van der Waals surface area contributed by atoms with Crippen LogP contribution in [0, 0.1) is 6.92 Å². The average Bonchev–Trinajstić information content (AvgIpc) is 2.63. The highest BCUT2D eigenvalue weighted by molar-refractivity contribution is 9.10. The monoisotopic (exact) mass is 243 g/mol. The smallest absolute Gasteiger partial charge is 0.0739 e. The van der Waals surface area contributed by atoms with E-state index in [1.54, 1.807) is 0 Å². The van der Waals surface area contributed by atoms with E-state index in [0.29, 0.717) is 6.04 Å². The third-order valence-electron chi connectivity index (χ3n) is 2.58. The van der Waals surface area contributed by atoms with Gasteiger partial charge in [-0.3, -0.25) is 4.68 Å². The Morgan fingerprint density at radius 2 is 2.38 bits per heavy atom. The van der Waals surface area contributed by atoms with E-state index < -0.39 is 0 Å². The van der Waals surface area contributed by atoms with Crippen molar-refractivity contribution in [2.24, 2.45) is 7.05 Å². The second-order valence-electron chi connectivity index (χ2n) is 3.56. The number of hydrogen-bond acceptors (Lipinski definition) is 2. The van der Waals surface area contributed by atoms with Crippen LogP contribution in [0.15, 0.2) is 4.47 Å². The Morgan fingerprint density at radius 3 is 2.85 bits per heavy atom. The minimum absolute atomic E-state index is 0.487. The zero-order valence-corrected chi connectivity index (χ0v) is 9.56. The van der Waals surface area contributed by atoms with Crippen LogP contribution in [0.5, 0.6) is 0 Å². The van der Waals surface area contributed by atoms with E-state index in [1.165, 1.54) is 18.5 Å². The number of halogens is 1. The molecule has 72 valence electrons. The highest BCUT2D eigenvalue weighted by Gasteiger charge is 2.23. The standard InChI is InChI=1S/C9H14BrN3/c1-6-8(10)9(13(2)12-6)7-4-3-5-11-7/h7,11H,3-5H2,1-2H3. The zero-order valence-electron chi connectivity index (χ0n) is 7.97. The van der Waals surface area contributed by atoms with Gasteiger partial charge in [-0.2, -0.15) is 5.10 Å². The van der Waals surface area contributed by atoms with E-state index in [2.05, 4.69) is 26.3 Å². The van der Waals surface area contributed by atoms with E-state index in [-0.39, 0.29) is 0 Å². The van der Waals surface area contributed by atoms with E-state index in [1.807, 2.05) is 18.7 Å². The summed E-state index contributed by atoms with van der Waals surface area (Å²) in [6, 6.07) is 0.487. The van der Waals surface area contributed by atoms with Crippen LogP contribution in [0.25, 0.3) is 0 Å². The molecule has 1 N–H and O–H groups in total. The summed E-state index contributed by atoms with van der Waals surface area (Å²) in [7, 11) is 2.01. The van der Waals surface area contributed by atoms with Crippen molar-refractivity contribution in [2.75, 3.05) is 6.54 Å². The topological polar surface area (TPSA) is 29.9 Å². The van der Waals surface area contributed by atoms with Crippen LogP contribution in [0.3, 0.4) is 0 Å². The highest BCUT2D eigenvalue weighted by Crippen LogP contribution is 2.30. The second-order valence-corrected chi connectivity index (χ2v) is 4.35. The maximum atomic E-state index is 4.38. The van der Waals surface area contributed by atoms with Crippen molar-refractivity contribution < 1.29 is 0 Å². The lowest BCUT2D eigenvalue weighted by atomic mass is 10.1. The molecule has 3 nitrogen and oxygen atoms in total. The third kappa shape index (κ3) is 1.53. The maximum Gasteiger partial charge on any atom is 0.0739 e. The molecule has 1 atom stereocenters. The molecule has 1 aliphatic heterocycles. The largest absolute Gasteiger partial charge is 0.309 e. The van der Waals surface area contributed by atoms with Crippen molar-refractivity contribution in [1.82, 2.24) is 15.1 Å². The minimum atomic E-state index is 0.487. The first-order valence-electron chi connectivity index (χ1n) is 4.62. The van der Waals surface area contributed by atoms with Crippen molar-refractivity contribution in [2.45, 2.75) is 25.8 Å². The van der Waals surface area contributed by atoms with Crippen molar-refractivity contribution in [1.29, 1.82) is 0 Å². The summed E-state index contributed by atoms with van der Waals surface area (Å²) in [6.45, 7) is 3.16. The molecule has 0 aromatic carbocycles. The summed E-state index contributed by atoms with van der Waals surface area (Å²) >= 11 is 3.59. The van der Waals surface area contributed by atoms with Crippen molar-refractivity contribution in [3.63, 3.8) is 0 Å². The van der Waals surface area contributed by atoms with Gasteiger partial charge in [-0.15, -0.1) is 0 Å². The number of rotatable bonds is 1. The number of nitrogens with zero attached hydrogens (tertiary/aromatic N) is 2. The van der Waals surface area contributed by atoms with Crippen LogP contribution < -0.4 is 5.32 Å². The molecule has 0 radical (unpaired) electrons. The average molecular weight is 244 g/mol. The molecular weight excluding hydrogens is 230 g/mol. The van der Waals surface area contributed by atoms with Gasteiger partial charge >= 0.3 is 0 Å². The highest BCUT2D eigenvalue weighted by atomic mass is 79.9. The van der Waals surface area contributed by atoms with Crippen LogP contribution in [0.2, 0.25) is 0 Å². The molecule has 0 spiro atoms. The van der Waals surface area contributed by atoms with Crippen molar-refractivity contribution in [3.05, 3.63) is 15.9 Å². The van der Waals surface area contributed by atoms with Gasteiger partial charge in [-0.05, 0) is 42.2 Å². The summed E-state index contributed by atoms with van der Waals surface area (Å²) < 4.78 is 3.14. The Morgan fingerprint density at radius 1 is 1.62 bits per heavy atom. The molecule has 1 aromatic rings. The fourth-order valence-electron chi connectivity index (χ4n) is 1.95. The van der Waals surface area contributed by atoms with Crippen molar-refractivity contribution in [3.8, 4) is 0 Å². The number of nitrogens with one attached hydrogen (secondary N) is 1. The zero-order chi connectivity index (χ0) is 9.42. The second kappa shape index (κ2) is 3.42. The Labute approximate surface area is 86.6 Å². The van der Waals surface area contributed by atoms with Crippen LogP contribution in [-0.4, -0.2) is 16.3 Å². The van der Waals surface area contributed by atoms with Gasteiger partial charge in [0.1, 0.15) is 0 Å². The van der Waals surface area contributed by atoms with E-state index in [9.17, 15) is 0 Å². The lowest BCUT2D eigenvalue weighted by Crippen LogP contribution is -2.16. The van der Waals surface area contributed by atoms with E-state index in [0.717, 1.165) is 16.7 Å². The number of aromatic nitrogens is 2. The van der Waals surface area contributed by atoms with Crippen molar-refractivity contribution >= 4 is 15.9 Å². The van der Waals surface area contributed by atoms with Gasteiger partial charge in [0.2, 0.25) is 0 Å². The van der Waals surface area contributed by atoms with Gasteiger partial charge < -0.3 is 5.32 Å². The van der Waals surface area contributed by atoms with Gasteiger partial charge in [0, 0.05) is 7.05 Å². The summed E-state index contributed by atoms with van der Waals surface area (Å²) in [5, 5.41) is 7.86. The molecule has 13 heavy (non-hydrogen) atoms. The molecule has 0 amide bonds. The quantitative estimate of drug-likeness (QED) is 0.817. The molecule has 1 aromatic heterocycles. The first kappa shape index (κ1) is 9.21. The fraction of sp³-hybridized carbons (Fsp3) is 0.667. The predicted octanol–water partition coefficient (Wildman–Crippen LogP) is 1.92. The van der Waals surface area contributed by atoms with Gasteiger partial charge in [0.15, 0.2) is 0 Å². The lowest BCUT2D eigenvalue weighted by Gasteiger charge is -2.10. The molecular formula is C9H14BrN3. The summed E-state index contributed by atoms with van der Waals surface area (Å²) in [5.74, 6) is 0. The van der Waals surface area contributed by atoms with Gasteiger partial charge in [-0.1, -0.05) is 0 Å². The molecule has 1 unspecified atom stereocenters. The Kier molecular flexibility index (Phi) is 2.43. The fourth-order valence-corrected chi connectivity index (χ4v) is 2.56. The van der Waals surface area contributed by atoms with Crippen LogP contribution >= 0.6 is 15.9 Å². The van der Waals surface area contributed by atoms with Gasteiger partial charge in [0.25, 0.3) is 0 Å². The number of aryl methyl sites for hydroxylation is 2. The Hall–Kier alpha value is -0.350. The van der Waals surface area contributed by atoms with E-state index in [4.69, 9.17) is 0 Å². The van der Waals surface area contributed by atoms with Gasteiger partial charge in [-0.25, -0.2) is 0 Å². The Balaban J connectivity index is 2.37. The first-order valence-corrected chi connectivity index (χ1v) is 5.42. The van der Waals surface area contributed by atoms with Gasteiger partial charge in [0.05, 0.1) is 21.9 Å².